The number of aromatic nitrogens is 2. The standard InChI is InChI=1S/C23H35N5/c1-26(18-21-6-3-2-4-7-21)19-22-25-13-17-28(22)15-5-14-27-16-10-23(20-27)8-11-24-12-9-23/h2-4,6-7,13,17,24H,5,8-12,14-16,18-20H2,1H3. The SMILES string of the molecule is CN(Cc1ccccc1)Cc1nccn1CCCN1CCC2(CCNCC2)C1. The lowest BCUT2D eigenvalue weighted by Gasteiger charge is -2.34. The summed E-state index contributed by atoms with van der Waals surface area (Å²) in [5.41, 5.74) is 1.97. The zero-order valence-electron chi connectivity index (χ0n) is 17.3. The van der Waals surface area contributed by atoms with Crippen molar-refractivity contribution in [1.82, 2.24) is 24.7 Å². The van der Waals surface area contributed by atoms with E-state index < -0.39 is 0 Å². The molecule has 2 aliphatic heterocycles. The average Bonchev–Trinajstić information content (AvgIpc) is 3.30. The van der Waals surface area contributed by atoms with E-state index in [0.717, 1.165) is 19.6 Å². The summed E-state index contributed by atoms with van der Waals surface area (Å²) in [7, 11) is 2.18. The number of hydrogen-bond donors (Lipinski definition) is 1. The van der Waals surface area contributed by atoms with Gasteiger partial charge >= 0.3 is 0 Å². The van der Waals surface area contributed by atoms with Crippen LogP contribution in [-0.4, -0.2) is 59.1 Å². The van der Waals surface area contributed by atoms with Gasteiger partial charge in [-0.05, 0) is 69.9 Å². The molecule has 3 heterocycles. The smallest absolute Gasteiger partial charge is 0.122 e. The topological polar surface area (TPSA) is 36.3 Å². The number of nitrogens with zero attached hydrogens (tertiary/aromatic N) is 4. The summed E-state index contributed by atoms with van der Waals surface area (Å²) >= 11 is 0. The fraction of sp³-hybridized carbons (Fsp3) is 0.609. The third-order valence-corrected chi connectivity index (χ3v) is 6.56. The van der Waals surface area contributed by atoms with Crippen LogP contribution in [0.4, 0.5) is 0 Å². The zero-order valence-corrected chi connectivity index (χ0v) is 17.3. The monoisotopic (exact) mass is 381 g/mol. The van der Waals surface area contributed by atoms with Crippen molar-refractivity contribution >= 4 is 0 Å². The number of imidazole rings is 1. The minimum absolute atomic E-state index is 0.617. The molecule has 2 aromatic rings. The summed E-state index contributed by atoms with van der Waals surface area (Å²) in [6, 6.07) is 10.7. The molecule has 0 atom stereocenters. The molecule has 2 saturated heterocycles. The normalized spacial score (nSPS) is 19.6. The third kappa shape index (κ3) is 5.02. The van der Waals surface area contributed by atoms with Gasteiger partial charge in [0.2, 0.25) is 0 Å². The van der Waals surface area contributed by atoms with Crippen molar-refractivity contribution in [1.29, 1.82) is 0 Å². The quantitative estimate of drug-likeness (QED) is 0.763. The van der Waals surface area contributed by atoms with Crippen LogP contribution in [0.1, 0.15) is 37.1 Å². The highest BCUT2D eigenvalue weighted by Crippen LogP contribution is 2.38. The molecule has 5 heteroatoms. The lowest BCUT2D eigenvalue weighted by atomic mass is 9.78. The molecular formula is C23H35N5. The van der Waals surface area contributed by atoms with Gasteiger partial charge in [-0.2, -0.15) is 0 Å². The van der Waals surface area contributed by atoms with Crippen LogP contribution in [0.15, 0.2) is 42.7 Å². The molecule has 0 aliphatic carbocycles. The van der Waals surface area contributed by atoms with Crippen LogP contribution < -0.4 is 5.32 Å². The molecule has 0 saturated carbocycles. The Morgan fingerprint density at radius 2 is 1.89 bits per heavy atom. The van der Waals surface area contributed by atoms with Crippen molar-refractivity contribution in [2.75, 3.05) is 39.8 Å². The Kier molecular flexibility index (Phi) is 6.45. The maximum atomic E-state index is 4.62. The Labute approximate surface area is 169 Å². The predicted molar refractivity (Wildman–Crippen MR) is 114 cm³/mol. The van der Waals surface area contributed by atoms with Crippen molar-refractivity contribution in [3.05, 3.63) is 54.1 Å². The molecule has 0 bridgehead atoms. The first-order valence-electron chi connectivity index (χ1n) is 10.9. The summed E-state index contributed by atoms with van der Waals surface area (Å²) < 4.78 is 2.35. The van der Waals surface area contributed by atoms with Crippen molar-refractivity contribution in [2.45, 2.75) is 45.3 Å². The maximum Gasteiger partial charge on any atom is 0.122 e. The van der Waals surface area contributed by atoms with Gasteiger partial charge in [0.15, 0.2) is 0 Å². The van der Waals surface area contributed by atoms with Crippen molar-refractivity contribution in [3.63, 3.8) is 0 Å². The number of piperidine rings is 1. The van der Waals surface area contributed by atoms with E-state index in [0.29, 0.717) is 5.41 Å². The van der Waals surface area contributed by atoms with E-state index in [1.54, 1.807) is 0 Å². The summed E-state index contributed by atoms with van der Waals surface area (Å²) in [4.78, 5) is 9.66. The lowest BCUT2D eigenvalue weighted by Crippen LogP contribution is -2.38. The fourth-order valence-electron chi connectivity index (χ4n) is 4.94. The number of rotatable bonds is 8. The molecule has 5 nitrogen and oxygen atoms in total. The van der Waals surface area contributed by atoms with E-state index >= 15 is 0 Å². The first-order valence-corrected chi connectivity index (χ1v) is 10.9. The molecule has 0 unspecified atom stereocenters. The van der Waals surface area contributed by atoms with Crippen LogP contribution in [0.5, 0.6) is 0 Å². The molecule has 4 rings (SSSR count). The van der Waals surface area contributed by atoms with Gasteiger partial charge in [-0.25, -0.2) is 4.98 Å². The molecule has 0 radical (unpaired) electrons. The van der Waals surface area contributed by atoms with Crippen molar-refractivity contribution in [2.24, 2.45) is 5.41 Å². The Hall–Kier alpha value is -1.69. The van der Waals surface area contributed by atoms with Gasteiger partial charge in [-0.15, -0.1) is 0 Å². The summed E-state index contributed by atoms with van der Waals surface area (Å²) in [5, 5.41) is 3.52. The van der Waals surface area contributed by atoms with E-state index in [1.807, 2.05) is 6.20 Å². The second kappa shape index (κ2) is 9.21. The van der Waals surface area contributed by atoms with Crippen LogP contribution in [0.3, 0.4) is 0 Å². The second-order valence-corrected chi connectivity index (χ2v) is 8.82. The predicted octanol–water partition coefficient (Wildman–Crippen LogP) is 2.98. The molecule has 1 aromatic carbocycles. The van der Waals surface area contributed by atoms with Crippen LogP contribution in [0.2, 0.25) is 0 Å². The average molecular weight is 382 g/mol. The second-order valence-electron chi connectivity index (χ2n) is 8.82. The molecule has 1 aromatic heterocycles. The number of aryl methyl sites for hydroxylation is 1. The molecule has 0 amide bonds. The number of likely N-dealkylation sites (tertiary alicyclic amines) is 1. The van der Waals surface area contributed by atoms with E-state index in [-0.39, 0.29) is 0 Å². The van der Waals surface area contributed by atoms with E-state index in [4.69, 9.17) is 0 Å². The van der Waals surface area contributed by atoms with E-state index in [9.17, 15) is 0 Å². The highest BCUT2D eigenvalue weighted by Gasteiger charge is 2.38. The summed E-state index contributed by atoms with van der Waals surface area (Å²) in [6.45, 7) is 9.15. The fourth-order valence-corrected chi connectivity index (χ4v) is 4.94. The van der Waals surface area contributed by atoms with Gasteiger partial charge in [-0.3, -0.25) is 4.90 Å². The zero-order chi connectivity index (χ0) is 19.2. The molecule has 1 N–H and O–H groups in total. The van der Waals surface area contributed by atoms with Gasteiger partial charge in [-0.1, -0.05) is 30.3 Å². The Balaban J connectivity index is 1.22. The van der Waals surface area contributed by atoms with Crippen molar-refractivity contribution in [3.8, 4) is 0 Å². The first-order chi connectivity index (χ1) is 13.7. The lowest BCUT2D eigenvalue weighted by molar-refractivity contribution is 0.194. The minimum Gasteiger partial charge on any atom is -0.334 e. The van der Waals surface area contributed by atoms with Crippen molar-refractivity contribution < 1.29 is 0 Å². The van der Waals surface area contributed by atoms with Gasteiger partial charge in [0.05, 0.1) is 6.54 Å². The van der Waals surface area contributed by atoms with Crippen LogP contribution in [0.25, 0.3) is 0 Å². The number of benzene rings is 1. The molecular weight excluding hydrogens is 346 g/mol. The largest absolute Gasteiger partial charge is 0.334 e. The molecule has 28 heavy (non-hydrogen) atoms. The third-order valence-electron chi connectivity index (χ3n) is 6.56. The van der Waals surface area contributed by atoms with E-state index in [2.05, 4.69) is 68.2 Å². The Bertz CT molecular complexity index is 720. The number of nitrogens with one attached hydrogen (secondary N) is 1. The first kappa shape index (κ1) is 19.6. The summed E-state index contributed by atoms with van der Waals surface area (Å²) in [6.07, 6.45) is 9.43. The molecule has 152 valence electrons. The Morgan fingerprint density at radius 3 is 2.71 bits per heavy atom. The number of hydrogen-bond acceptors (Lipinski definition) is 4. The maximum absolute atomic E-state index is 4.62. The van der Waals surface area contributed by atoms with Crippen LogP contribution in [0, 0.1) is 5.41 Å². The van der Waals surface area contributed by atoms with E-state index in [1.165, 1.54) is 69.8 Å². The summed E-state index contributed by atoms with van der Waals surface area (Å²) in [5.74, 6) is 1.18. The highest BCUT2D eigenvalue weighted by atomic mass is 15.2. The molecule has 1 spiro atoms. The molecule has 2 aliphatic rings. The van der Waals surface area contributed by atoms with Crippen LogP contribution >= 0.6 is 0 Å². The van der Waals surface area contributed by atoms with Crippen LogP contribution in [-0.2, 0) is 19.6 Å². The molecule has 2 fully saturated rings. The van der Waals surface area contributed by atoms with Gasteiger partial charge < -0.3 is 14.8 Å². The van der Waals surface area contributed by atoms with Gasteiger partial charge in [0.25, 0.3) is 0 Å². The highest BCUT2D eigenvalue weighted by molar-refractivity contribution is 5.14. The minimum atomic E-state index is 0.617. The van der Waals surface area contributed by atoms with Gasteiger partial charge in [0.1, 0.15) is 5.82 Å². The van der Waals surface area contributed by atoms with Gasteiger partial charge in [0, 0.05) is 32.0 Å². The Morgan fingerprint density at radius 1 is 1.07 bits per heavy atom.